The molecule has 0 bridgehead atoms. The predicted molar refractivity (Wildman–Crippen MR) is 112 cm³/mol. The van der Waals surface area contributed by atoms with E-state index in [-0.39, 0.29) is 17.9 Å². The van der Waals surface area contributed by atoms with Crippen LogP contribution in [0.25, 0.3) is 0 Å². The van der Waals surface area contributed by atoms with Gasteiger partial charge < -0.3 is 23.8 Å². The van der Waals surface area contributed by atoms with Crippen molar-refractivity contribution in [2.24, 2.45) is 0 Å². The van der Waals surface area contributed by atoms with Gasteiger partial charge in [-0.25, -0.2) is 9.18 Å². The van der Waals surface area contributed by atoms with Crippen LogP contribution in [0.1, 0.15) is 22.8 Å². The number of hydrogen-bond acceptors (Lipinski definition) is 6. The summed E-state index contributed by atoms with van der Waals surface area (Å²) < 4.78 is 35.0. The SMILES string of the molecule is CCOc1c(Br)cc(C(=O)OCC(=O)N(C)Cc2ccc(OC)c(F)c2)cc1OC. The first-order chi connectivity index (χ1) is 14.3. The third-order valence-electron chi connectivity index (χ3n) is 4.14. The maximum Gasteiger partial charge on any atom is 0.338 e. The van der Waals surface area contributed by atoms with Crippen LogP contribution >= 0.6 is 15.9 Å². The lowest BCUT2D eigenvalue weighted by atomic mass is 10.2. The van der Waals surface area contributed by atoms with Crippen LogP contribution in [0.3, 0.4) is 0 Å². The van der Waals surface area contributed by atoms with Crippen LogP contribution in [-0.4, -0.2) is 51.3 Å². The van der Waals surface area contributed by atoms with Gasteiger partial charge in [-0.3, -0.25) is 4.79 Å². The Balaban J connectivity index is 1.99. The van der Waals surface area contributed by atoms with Gasteiger partial charge in [0.2, 0.25) is 0 Å². The summed E-state index contributed by atoms with van der Waals surface area (Å²) in [5, 5.41) is 0. The second kappa shape index (κ2) is 10.8. The second-order valence-electron chi connectivity index (χ2n) is 6.22. The number of halogens is 2. The predicted octanol–water partition coefficient (Wildman–Crippen LogP) is 3.82. The van der Waals surface area contributed by atoms with Crippen molar-refractivity contribution in [3.63, 3.8) is 0 Å². The second-order valence-corrected chi connectivity index (χ2v) is 7.07. The molecule has 30 heavy (non-hydrogen) atoms. The molecule has 162 valence electrons. The standard InChI is InChI=1S/C21H23BrFNO6/c1-5-29-20-15(22)9-14(10-18(20)28-4)21(26)30-12-19(25)24(2)11-13-6-7-17(27-3)16(23)8-13/h6-10H,5,11-12H2,1-4H3. The minimum atomic E-state index is -0.686. The fourth-order valence-corrected chi connectivity index (χ4v) is 3.17. The Morgan fingerprint density at radius 3 is 2.40 bits per heavy atom. The molecule has 0 aliphatic heterocycles. The van der Waals surface area contributed by atoms with Crippen LogP contribution in [-0.2, 0) is 16.1 Å². The molecule has 0 atom stereocenters. The van der Waals surface area contributed by atoms with E-state index in [0.717, 1.165) is 0 Å². The highest BCUT2D eigenvalue weighted by Gasteiger charge is 2.18. The van der Waals surface area contributed by atoms with E-state index < -0.39 is 24.3 Å². The zero-order valence-electron chi connectivity index (χ0n) is 17.2. The molecule has 0 radical (unpaired) electrons. The lowest BCUT2D eigenvalue weighted by Gasteiger charge is -2.18. The van der Waals surface area contributed by atoms with E-state index in [1.807, 2.05) is 6.92 Å². The van der Waals surface area contributed by atoms with Crippen molar-refractivity contribution in [3.8, 4) is 17.2 Å². The van der Waals surface area contributed by atoms with Crippen molar-refractivity contribution in [3.05, 3.63) is 51.7 Å². The molecule has 1 amide bonds. The van der Waals surface area contributed by atoms with Gasteiger partial charge >= 0.3 is 5.97 Å². The molecule has 2 aromatic rings. The maximum absolute atomic E-state index is 13.8. The van der Waals surface area contributed by atoms with Crippen molar-refractivity contribution < 1.29 is 32.9 Å². The number of carbonyl (C=O) groups excluding carboxylic acids is 2. The Morgan fingerprint density at radius 2 is 1.80 bits per heavy atom. The smallest absolute Gasteiger partial charge is 0.338 e. The minimum absolute atomic E-state index is 0.124. The van der Waals surface area contributed by atoms with Crippen molar-refractivity contribution in [1.29, 1.82) is 0 Å². The summed E-state index contributed by atoms with van der Waals surface area (Å²) >= 11 is 3.34. The van der Waals surface area contributed by atoms with Gasteiger partial charge in [0, 0.05) is 13.6 Å². The number of amides is 1. The largest absolute Gasteiger partial charge is 0.494 e. The molecule has 0 saturated heterocycles. The highest BCUT2D eigenvalue weighted by Crippen LogP contribution is 2.36. The Hall–Kier alpha value is -2.81. The average molecular weight is 484 g/mol. The summed E-state index contributed by atoms with van der Waals surface area (Å²) in [6.45, 7) is 1.95. The first kappa shape index (κ1) is 23.5. The highest BCUT2D eigenvalue weighted by atomic mass is 79.9. The number of ether oxygens (including phenoxy) is 4. The Morgan fingerprint density at radius 1 is 1.10 bits per heavy atom. The van der Waals surface area contributed by atoms with Crippen LogP contribution in [0.2, 0.25) is 0 Å². The number of esters is 1. The summed E-state index contributed by atoms with van der Waals surface area (Å²) in [4.78, 5) is 26.0. The summed E-state index contributed by atoms with van der Waals surface area (Å²) in [5.41, 5.74) is 0.783. The monoisotopic (exact) mass is 483 g/mol. The fraction of sp³-hybridized carbons (Fsp3) is 0.333. The van der Waals surface area contributed by atoms with E-state index in [1.54, 1.807) is 6.07 Å². The summed E-state index contributed by atoms with van der Waals surface area (Å²) in [6.07, 6.45) is 0. The molecule has 0 heterocycles. The number of rotatable bonds is 9. The topological polar surface area (TPSA) is 74.3 Å². The van der Waals surface area contributed by atoms with Gasteiger partial charge in [0.1, 0.15) is 0 Å². The van der Waals surface area contributed by atoms with Gasteiger partial charge in [0.05, 0.1) is 30.9 Å². The van der Waals surface area contributed by atoms with Crippen LogP contribution in [0.4, 0.5) is 4.39 Å². The van der Waals surface area contributed by atoms with Crippen LogP contribution in [0.15, 0.2) is 34.8 Å². The van der Waals surface area contributed by atoms with Gasteiger partial charge in [-0.1, -0.05) is 6.07 Å². The molecule has 0 N–H and O–H groups in total. The van der Waals surface area contributed by atoms with Gasteiger partial charge in [0.15, 0.2) is 29.7 Å². The highest BCUT2D eigenvalue weighted by molar-refractivity contribution is 9.10. The molecule has 0 aromatic heterocycles. The Kier molecular flexibility index (Phi) is 8.46. The van der Waals surface area contributed by atoms with Crippen molar-refractivity contribution in [2.75, 3.05) is 34.5 Å². The number of carbonyl (C=O) groups is 2. The van der Waals surface area contributed by atoms with Crippen LogP contribution in [0, 0.1) is 5.82 Å². The fourth-order valence-electron chi connectivity index (χ4n) is 2.61. The molecule has 0 unspecified atom stereocenters. The number of benzene rings is 2. The van der Waals surface area contributed by atoms with Crippen molar-refractivity contribution in [1.82, 2.24) is 4.90 Å². The van der Waals surface area contributed by atoms with E-state index in [2.05, 4.69) is 15.9 Å². The lowest BCUT2D eigenvalue weighted by molar-refractivity contribution is -0.133. The van der Waals surface area contributed by atoms with Gasteiger partial charge in [0.25, 0.3) is 5.91 Å². The normalized spacial score (nSPS) is 10.3. The van der Waals surface area contributed by atoms with Crippen molar-refractivity contribution in [2.45, 2.75) is 13.5 Å². The van der Waals surface area contributed by atoms with E-state index in [0.29, 0.717) is 28.1 Å². The van der Waals surface area contributed by atoms with E-state index in [1.165, 1.54) is 50.4 Å². The number of likely N-dealkylation sites (N-methyl/N-ethyl adjacent to an activating group) is 1. The van der Waals surface area contributed by atoms with Gasteiger partial charge in [-0.05, 0) is 52.7 Å². The van der Waals surface area contributed by atoms with Gasteiger partial charge in [-0.2, -0.15) is 0 Å². The third kappa shape index (κ3) is 5.85. The summed E-state index contributed by atoms with van der Waals surface area (Å²) in [5.74, 6) is -0.677. The molecule has 0 saturated carbocycles. The molecule has 2 aromatic carbocycles. The molecule has 0 fully saturated rings. The summed E-state index contributed by atoms with van der Waals surface area (Å²) in [6, 6.07) is 7.44. The third-order valence-corrected chi connectivity index (χ3v) is 4.73. The molecular weight excluding hydrogens is 461 g/mol. The number of hydrogen-bond donors (Lipinski definition) is 0. The number of nitrogens with zero attached hydrogens (tertiary/aromatic N) is 1. The molecule has 0 aliphatic carbocycles. The van der Waals surface area contributed by atoms with Crippen molar-refractivity contribution >= 4 is 27.8 Å². The Labute approximate surface area is 182 Å². The minimum Gasteiger partial charge on any atom is -0.494 e. The van der Waals surface area contributed by atoms with Crippen LogP contribution < -0.4 is 14.2 Å². The molecule has 2 rings (SSSR count). The first-order valence-corrected chi connectivity index (χ1v) is 9.83. The summed E-state index contributed by atoms with van der Waals surface area (Å²) in [7, 11) is 4.37. The zero-order valence-corrected chi connectivity index (χ0v) is 18.7. The first-order valence-electron chi connectivity index (χ1n) is 9.04. The van der Waals surface area contributed by atoms with E-state index in [9.17, 15) is 14.0 Å². The number of methoxy groups -OCH3 is 2. The average Bonchev–Trinajstić information content (AvgIpc) is 2.73. The molecular formula is C21H23BrFNO6. The maximum atomic E-state index is 13.8. The lowest BCUT2D eigenvalue weighted by Crippen LogP contribution is -2.30. The molecule has 0 aliphatic rings. The van der Waals surface area contributed by atoms with E-state index in [4.69, 9.17) is 18.9 Å². The van der Waals surface area contributed by atoms with Crippen LogP contribution in [0.5, 0.6) is 17.2 Å². The molecule has 9 heteroatoms. The van der Waals surface area contributed by atoms with E-state index >= 15 is 0 Å². The molecule has 0 spiro atoms. The van der Waals surface area contributed by atoms with Gasteiger partial charge in [-0.15, -0.1) is 0 Å². The zero-order chi connectivity index (χ0) is 22.3. The molecule has 7 nitrogen and oxygen atoms in total. The Bertz CT molecular complexity index is 921. The quantitative estimate of drug-likeness (QED) is 0.504.